The van der Waals surface area contributed by atoms with Crippen LogP contribution in [-0.4, -0.2) is 12.1 Å². The van der Waals surface area contributed by atoms with Gasteiger partial charge in [0.05, 0.1) is 7.11 Å². The van der Waals surface area contributed by atoms with Crippen molar-refractivity contribution in [1.82, 2.24) is 4.98 Å². The van der Waals surface area contributed by atoms with Crippen molar-refractivity contribution in [3.8, 4) is 17.5 Å². The molecule has 0 radical (unpaired) electrons. The van der Waals surface area contributed by atoms with E-state index in [0.29, 0.717) is 11.8 Å². The molecule has 3 nitrogen and oxygen atoms in total. The fourth-order valence-electron chi connectivity index (χ4n) is 1.75. The van der Waals surface area contributed by atoms with Crippen LogP contribution in [0.1, 0.15) is 11.1 Å². The Labute approximate surface area is 99.3 Å². The van der Waals surface area contributed by atoms with E-state index < -0.39 is 0 Å². The van der Waals surface area contributed by atoms with E-state index >= 15 is 0 Å². The Bertz CT molecular complexity index is 591. The van der Waals surface area contributed by atoms with E-state index in [4.69, 9.17) is 9.47 Å². The van der Waals surface area contributed by atoms with Crippen LogP contribution >= 0.6 is 0 Å². The van der Waals surface area contributed by atoms with Crippen molar-refractivity contribution in [3.05, 3.63) is 47.5 Å². The van der Waals surface area contributed by atoms with Gasteiger partial charge < -0.3 is 9.47 Å². The second kappa shape index (κ2) is 3.94. The van der Waals surface area contributed by atoms with E-state index in [1.54, 1.807) is 7.11 Å². The lowest BCUT2D eigenvalue weighted by atomic mass is 10.1. The fourth-order valence-corrected chi connectivity index (χ4v) is 1.75. The van der Waals surface area contributed by atoms with Crippen molar-refractivity contribution in [2.24, 2.45) is 0 Å². The molecule has 1 aromatic heterocycles. The standard InChI is InChI=1S/C14H11NO2/c1-16-13-9-8-11-7-6-10-4-2-3-5-12(10)17-14(11)15-13/h2-9H,1H3. The summed E-state index contributed by atoms with van der Waals surface area (Å²) >= 11 is 0. The van der Waals surface area contributed by atoms with Crippen LogP contribution in [0.15, 0.2) is 36.4 Å². The van der Waals surface area contributed by atoms with Crippen molar-refractivity contribution in [2.45, 2.75) is 0 Å². The largest absolute Gasteiger partial charge is 0.481 e. The van der Waals surface area contributed by atoms with Crippen molar-refractivity contribution in [1.29, 1.82) is 0 Å². The average Bonchev–Trinajstić information content (AvgIpc) is 2.56. The molecule has 0 fully saturated rings. The number of aromatic nitrogens is 1. The predicted molar refractivity (Wildman–Crippen MR) is 66.2 cm³/mol. The first-order valence-electron chi connectivity index (χ1n) is 5.37. The quantitative estimate of drug-likeness (QED) is 0.636. The number of fused-ring (bicyclic) bond motifs is 2. The van der Waals surface area contributed by atoms with Crippen LogP contribution in [0.2, 0.25) is 0 Å². The number of pyridine rings is 1. The Morgan fingerprint density at radius 2 is 1.82 bits per heavy atom. The molecule has 1 aromatic carbocycles. The summed E-state index contributed by atoms with van der Waals surface area (Å²) in [6, 6.07) is 11.6. The number of nitrogens with zero attached hydrogens (tertiary/aromatic N) is 1. The Hall–Kier alpha value is -2.29. The van der Waals surface area contributed by atoms with Crippen LogP contribution in [-0.2, 0) is 0 Å². The monoisotopic (exact) mass is 225 g/mol. The van der Waals surface area contributed by atoms with Gasteiger partial charge in [-0.1, -0.05) is 24.3 Å². The average molecular weight is 225 g/mol. The van der Waals surface area contributed by atoms with Gasteiger partial charge in [0.25, 0.3) is 0 Å². The third-order valence-corrected chi connectivity index (χ3v) is 2.64. The van der Waals surface area contributed by atoms with Gasteiger partial charge in [0.15, 0.2) is 0 Å². The van der Waals surface area contributed by atoms with Gasteiger partial charge in [0, 0.05) is 17.2 Å². The molecule has 0 unspecified atom stereocenters. The minimum Gasteiger partial charge on any atom is -0.481 e. The van der Waals surface area contributed by atoms with Crippen molar-refractivity contribution in [3.63, 3.8) is 0 Å². The van der Waals surface area contributed by atoms with Crippen LogP contribution in [0.4, 0.5) is 0 Å². The lowest BCUT2D eigenvalue weighted by Gasteiger charge is -2.08. The van der Waals surface area contributed by atoms with Gasteiger partial charge in [-0.25, -0.2) is 0 Å². The molecular weight excluding hydrogens is 214 g/mol. The second-order valence-corrected chi connectivity index (χ2v) is 3.72. The molecule has 0 bridgehead atoms. The molecule has 1 aliphatic heterocycles. The maximum atomic E-state index is 5.79. The van der Waals surface area contributed by atoms with Gasteiger partial charge in [-0.3, -0.25) is 0 Å². The van der Waals surface area contributed by atoms with E-state index in [2.05, 4.69) is 4.98 Å². The zero-order valence-electron chi connectivity index (χ0n) is 9.38. The predicted octanol–water partition coefficient (Wildman–Crippen LogP) is 3.37. The summed E-state index contributed by atoms with van der Waals surface area (Å²) in [5.74, 6) is 1.94. The number of rotatable bonds is 1. The Balaban J connectivity index is 2.12. The summed E-state index contributed by atoms with van der Waals surface area (Å²) in [6.07, 6.45) is 4.02. The Kier molecular flexibility index (Phi) is 2.29. The van der Waals surface area contributed by atoms with Gasteiger partial charge in [-0.05, 0) is 18.2 Å². The van der Waals surface area contributed by atoms with Crippen molar-refractivity contribution < 1.29 is 9.47 Å². The number of hydrogen-bond donors (Lipinski definition) is 0. The Morgan fingerprint density at radius 3 is 2.71 bits per heavy atom. The molecule has 0 saturated carbocycles. The van der Waals surface area contributed by atoms with Crippen LogP contribution < -0.4 is 9.47 Å². The SMILES string of the molecule is COc1ccc2c(n1)Oc1ccccc1C=C2. The molecule has 0 N–H and O–H groups in total. The molecule has 17 heavy (non-hydrogen) atoms. The number of benzene rings is 1. The minimum atomic E-state index is 0.552. The fraction of sp³-hybridized carbons (Fsp3) is 0.0714. The van der Waals surface area contributed by atoms with Gasteiger partial charge in [-0.2, -0.15) is 4.98 Å². The molecule has 2 aromatic rings. The summed E-state index contributed by atoms with van der Waals surface area (Å²) in [5, 5.41) is 0. The number of hydrogen-bond acceptors (Lipinski definition) is 3. The highest BCUT2D eigenvalue weighted by Crippen LogP contribution is 2.33. The second-order valence-electron chi connectivity index (χ2n) is 3.72. The van der Waals surface area contributed by atoms with E-state index in [1.807, 2.05) is 48.6 Å². The third-order valence-electron chi connectivity index (χ3n) is 2.64. The van der Waals surface area contributed by atoms with Crippen LogP contribution in [0.3, 0.4) is 0 Å². The highest BCUT2D eigenvalue weighted by molar-refractivity contribution is 5.76. The smallest absolute Gasteiger partial charge is 0.229 e. The molecular formula is C14H11NO2. The number of para-hydroxylation sites is 1. The molecule has 84 valence electrons. The molecule has 3 rings (SSSR count). The molecule has 0 spiro atoms. The maximum Gasteiger partial charge on any atom is 0.229 e. The first-order valence-corrected chi connectivity index (χ1v) is 5.37. The first kappa shape index (κ1) is 9.90. The van der Waals surface area contributed by atoms with E-state index in [-0.39, 0.29) is 0 Å². The van der Waals surface area contributed by atoms with E-state index in [9.17, 15) is 0 Å². The normalized spacial score (nSPS) is 12.1. The zero-order valence-corrected chi connectivity index (χ0v) is 9.38. The molecule has 0 aliphatic carbocycles. The molecule has 0 amide bonds. The van der Waals surface area contributed by atoms with Crippen LogP contribution in [0.25, 0.3) is 12.2 Å². The topological polar surface area (TPSA) is 31.4 Å². The zero-order chi connectivity index (χ0) is 11.7. The summed E-state index contributed by atoms with van der Waals surface area (Å²) in [7, 11) is 1.59. The maximum absolute atomic E-state index is 5.79. The van der Waals surface area contributed by atoms with Gasteiger partial charge in [0.1, 0.15) is 5.75 Å². The summed E-state index contributed by atoms with van der Waals surface area (Å²) < 4.78 is 10.9. The molecule has 2 heterocycles. The first-order chi connectivity index (χ1) is 8.36. The molecule has 1 aliphatic rings. The summed E-state index contributed by atoms with van der Waals surface area (Å²) in [4.78, 5) is 4.29. The van der Waals surface area contributed by atoms with Gasteiger partial charge in [0.2, 0.25) is 11.8 Å². The molecule has 0 saturated heterocycles. The van der Waals surface area contributed by atoms with Crippen molar-refractivity contribution >= 4 is 12.2 Å². The number of ether oxygens (including phenoxy) is 2. The summed E-state index contributed by atoms with van der Waals surface area (Å²) in [6.45, 7) is 0. The highest BCUT2D eigenvalue weighted by Gasteiger charge is 2.12. The third kappa shape index (κ3) is 1.76. The lowest BCUT2D eigenvalue weighted by Crippen LogP contribution is -1.93. The van der Waals surface area contributed by atoms with Gasteiger partial charge in [-0.15, -0.1) is 0 Å². The lowest BCUT2D eigenvalue weighted by molar-refractivity contribution is 0.383. The molecule has 3 heteroatoms. The molecule has 0 atom stereocenters. The Morgan fingerprint density at radius 1 is 1.00 bits per heavy atom. The summed E-state index contributed by atoms with van der Waals surface area (Å²) in [5.41, 5.74) is 1.99. The van der Waals surface area contributed by atoms with Crippen molar-refractivity contribution in [2.75, 3.05) is 7.11 Å². The highest BCUT2D eigenvalue weighted by atomic mass is 16.5. The van der Waals surface area contributed by atoms with E-state index in [0.717, 1.165) is 16.9 Å². The van der Waals surface area contributed by atoms with Crippen LogP contribution in [0.5, 0.6) is 17.5 Å². The van der Waals surface area contributed by atoms with E-state index in [1.165, 1.54) is 0 Å². The van der Waals surface area contributed by atoms with Gasteiger partial charge >= 0.3 is 0 Å². The van der Waals surface area contributed by atoms with Crippen LogP contribution in [0, 0.1) is 0 Å². The number of methoxy groups -OCH3 is 1. The minimum absolute atomic E-state index is 0.552.